The van der Waals surface area contributed by atoms with Crippen molar-refractivity contribution in [2.24, 2.45) is 0 Å². The molecule has 0 aliphatic rings. The summed E-state index contributed by atoms with van der Waals surface area (Å²) in [5, 5.41) is 1.14. The number of pyridine rings is 1. The Labute approximate surface area is 112 Å². The van der Waals surface area contributed by atoms with E-state index in [2.05, 4.69) is 35.9 Å². The van der Waals surface area contributed by atoms with E-state index < -0.39 is 0 Å². The Morgan fingerprint density at radius 1 is 0.895 bits per heavy atom. The zero-order valence-electron chi connectivity index (χ0n) is 11.8. The van der Waals surface area contributed by atoms with Crippen molar-refractivity contribution in [2.75, 3.05) is 0 Å². The molecule has 0 N–H and O–H groups in total. The normalized spacial score (nSPS) is 11.4. The van der Waals surface area contributed by atoms with E-state index in [1.165, 1.54) is 5.56 Å². The summed E-state index contributed by atoms with van der Waals surface area (Å²) in [5.41, 5.74) is 7.14. The smallest absolute Gasteiger partial charge is 0.115 e. The molecule has 1 aromatic carbocycles. The molecule has 0 atom stereocenters. The van der Waals surface area contributed by atoms with Gasteiger partial charge in [0.1, 0.15) is 5.52 Å². The maximum absolute atomic E-state index is 4.79. The number of aryl methyl sites for hydroxylation is 4. The number of nitrogens with zero attached hydrogens (tertiary/aromatic N) is 3. The highest BCUT2D eigenvalue weighted by molar-refractivity contribution is 6.01. The van der Waals surface area contributed by atoms with E-state index in [0.717, 1.165) is 45.4 Å². The van der Waals surface area contributed by atoms with Gasteiger partial charge in [-0.05, 0) is 44.9 Å². The molecule has 0 aliphatic heterocycles. The van der Waals surface area contributed by atoms with Crippen LogP contribution in [0, 0.1) is 20.8 Å². The molecule has 2 aromatic heterocycles. The summed E-state index contributed by atoms with van der Waals surface area (Å²) >= 11 is 0. The minimum Gasteiger partial charge on any atom is -0.250 e. The molecule has 0 spiro atoms. The number of hydrogen-bond acceptors (Lipinski definition) is 3. The van der Waals surface area contributed by atoms with E-state index in [1.54, 1.807) is 0 Å². The Kier molecular flexibility index (Phi) is 2.70. The molecule has 19 heavy (non-hydrogen) atoms. The lowest BCUT2D eigenvalue weighted by molar-refractivity contribution is 1.03. The van der Waals surface area contributed by atoms with Gasteiger partial charge in [-0.3, -0.25) is 4.98 Å². The van der Waals surface area contributed by atoms with Gasteiger partial charge < -0.3 is 0 Å². The van der Waals surface area contributed by atoms with Crippen LogP contribution in [0.2, 0.25) is 0 Å². The highest BCUT2D eigenvalue weighted by Crippen LogP contribution is 2.24. The van der Waals surface area contributed by atoms with E-state index in [0.29, 0.717) is 0 Å². The number of benzene rings is 1. The minimum absolute atomic E-state index is 0.912. The maximum atomic E-state index is 4.79. The second-order valence-corrected chi connectivity index (χ2v) is 5.00. The summed E-state index contributed by atoms with van der Waals surface area (Å²) in [6.45, 7) is 8.23. The molecule has 3 rings (SSSR count). The Balaban J connectivity index is 2.47. The molecule has 2 heterocycles. The Morgan fingerprint density at radius 2 is 1.63 bits per heavy atom. The molecule has 3 nitrogen and oxygen atoms in total. The second-order valence-electron chi connectivity index (χ2n) is 5.00. The summed E-state index contributed by atoms with van der Waals surface area (Å²) in [7, 11) is 0. The van der Waals surface area contributed by atoms with Gasteiger partial charge in [0.05, 0.1) is 22.4 Å². The molecule has 0 fully saturated rings. The highest BCUT2D eigenvalue weighted by Gasteiger charge is 2.09. The van der Waals surface area contributed by atoms with Crippen LogP contribution in [-0.4, -0.2) is 15.0 Å². The van der Waals surface area contributed by atoms with E-state index in [9.17, 15) is 0 Å². The molecule has 0 bridgehead atoms. The zero-order chi connectivity index (χ0) is 13.6. The minimum atomic E-state index is 0.912. The van der Waals surface area contributed by atoms with Crippen molar-refractivity contribution in [1.82, 2.24) is 15.0 Å². The number of aromatic nitrogens is 3. The maximum Gasteiger partial charge on any atom is 0.115 e. The van der Waals surface area contributed by atoms with Gasteiger partial charge in [-0.2, -0.15) is 0 Å². The molecule has 3 aromatic rings. The van der Waals surface area contributed by atoms with Crippen LogP contribution in [0.25, 0.3) is 21.9 Å². The lowest BCUT2D eigenvalue weighted by Gasteiger charge is -2.08. The van der Waals surface area contributed by atoms with Gasteiger partial charge in [0.2, 0.25) is 0 Å². The zero-order valence-corrected chi connectivity index (χ0v) is 11.8. The SMILES string of the molecule is CCc1nc2c(ccc3nc(C)c(C)nc32)cc1C. The molecule has 0 saturated carbocycles. The Hall–Kier alpha value is -2.03. The van der Waals surface area contributed by atoms with Crippen molar-refractivity contribution in [1.29, 1.82) is 0 Å². The number of hydrogen-bond donors (Lipinski definition) is 0. The standard InChI is InChI=1S/C16H17N3/c1-5-13-9(2)8-12-6-7-14-16(15(12)19-13)18-11(4)10(3)17-14/h6-8H,5H2,1-4H3. The third kappa shape index (κ3) is 1.86. The van der Waals surface area contributed by atoms with Crippen molar-refractivity contribution in [3.63, 3.8) is 0 Å². The fourth-order valence-electron chi connectivity index (χ4n) is 2.43. The van der Waals surface area contributed by atoms with E-state index in [1.807, 2.05) is 19.9 Å². The molecule has 96 valence electrons. The topological polar surface area (TPSA) is 38.7 Å². The fourth-order valence-corrected chi connectivity index (χ4v) is 2.43. The van der Waals surface area contributed by atoms with Gasteiger partial charge >= 0.3 is 0 Å². The van der Waals surface area contributed by atoms with Crippen molar-refractivity contribution in [2.45, 2.75) is 34.1 Å². The van der Waals surface area contributed by atoms with Crippen LogP contribution in [-0.2, 0) is 6.42 Å². The van der Waals surface area contributed by atoms with E-state index in [-0.39, 0.29) is 0 Å². The van der Waals surface area contributed by atoms with Crippen LogP contribution < -0.4 is 0 Å². The van der Waals surface area contributed by atoms with Gasteiger partial charge in [0.15, 0.2) is 0 Å². The van der Waals surface area contributed by atoms with E-state index in [4.69, 9.17) is 4.98 Å². The lowest BCUT2D eigenvalue weighted by atomic mass is 10.1. The fraction of sp³-hybridized carbons (Fsp3) is 0.312. The second kappa shape index (κ2) is 4.26. The van der Waals surface area contributed by atoms with Gasteiger partial charge in [0.25, 0.3) is 0 Å². The summed E-state index contributed by atoms with van der Waals surface area (Å²) in [4.78, 5) is 14.1. The van der Waals surface area contributed by atoms with Crippen LogP contribution in [0.4, 0.5) is 0 Å². The summed E-state index contributed by atoms with van der Waals surface area (Å²) in [6, 6.07) is 6.31. The molecule has 0 unspecified atom stereocenters. The van der Waals surface area contributed by atoms with Crippen LogP contribution in [0.15, 0.2) is 18.2 Å². The van der Waals surface area contributed by atoms with E-state index >= 15 is 0 Å². The molecular formula is C16H17N3. The number of rotatable bonds is 1. The largest absolute Gasteiger partial charge is 0.250 e. The first-order valence-corrected chi connectivity index (χ1v) is 6.64. The van der Waals surface area contributed by atoms with Crippen molar-refractivity contribution in [3.8, 4) is 0 Å². The van der Waals surface area contributed by atoms with Crippen LogP contribution in [0.3, 0.4) is 0 Å². The van der Waals surface area contributed by atoms with Gasteiger partial charge in [-0.25, -0.2) is 9.97 Å². The highest BCUT2D eigenvalue weighted by atomic mass is 14.8. The molecule has 0 saturated heterocycles. The third-order valence-corrected chi connectivity index (χ3v) is 3.66. The van der Waals surface area contributed by atoms with Crippen molar-refractivity contribution >= 4 is 21.9 Å². The average molecular weight is 251 g/mol. The quantitative estimate of drug-likeness (QED) is 0.619. The summed E-state index contributed by atoms with van der Waals surface area (Å²) in [5.74, 6) is 0. The van der Waals surface area contributed by atoms with Gasteiger partial charge in [-0.1, -0.05) is 13.0 Å². The van der Waals surface area contributed by atoms with Crippen molar-refractivity contribution in [3.05, 3.63) is 40.8 Å². The Morgan fingerprint density at radius 3 is 2.37 bits per heavy atom. The van der Waals surface area contributed by atoms with Gasteiger partial charge in [-0.15, -0.1) is 0 Å². The first-order chi connectivity index (χ1) is 9.10. The van der Waals surface area contributed by atoms with Crippen LogP contribution in [0.5, 0.6) is 0 Å². The summed E-state index contributed by atoms with van der Waals surface area (Å²) < 4.78 is 0. The first kappa shape index (κ1) is 12.0. The lowest BCUT2D eigenvalue weighted by Crippen LogP contribution is -1.98. The molecule has 0 amide bonds. The predicted molar refractivity (Wildman–Crippen MR) is 78.4 cm³/mol. The first-order valence-electron chi connectivity index (χ1n) is 6.64. The monoisotopic (exact) mass is 251 g/mol. The third-order valence-electron chi connectivity index (χ3n) is 3.66. The molecule has 0 radical (unpaired) electrons. The Bertz CT molecular complexity index is 791. The van der Waals surface area contributed by atoms with Crippen molar-refractivity contribution < 1.29 is 0 Å². The average Bonchev–Trinajstić information content (AvgIpc) is 2.39. The molecule has 3 heteroatoms. The van der Waals surface area contributed by atoms with Crippen LogP contribution in [0.1, 0.15) is 29.6 Å². The van der Waals surface area contributed by atoms with Gasteiger partial charge in [0, 0.05) is 11.1 Å². The van der Waals surface area contributed by atoms with Crippen LogP contribution >= 0.6 is 0 Å². The predicted octanol–water partition coefficient (Wildman–Crippen LogP) is 3.67. The molecule has 0 aliphatic carbocycles. The summed E-state index contributed by atoms with van der Waals surface area (Å²) in [6.07, 6.45) is 0.941. The molecular weight excluding hydrogens is 234 g/mol. The number of fused-ring (bicyclic) bond motifs is 3.